The molecule has 0 saturated heterocycles. The Morgan fingerprint density at radius 1 is 0.895 bits per heavy atom. The Kier molecular flexibility index (Phi) is 4.67. The number of benzene rings is 2. The van der Waals surface area contributed by atoms with E-state index in [-0.39, 0.29) is 6.04 Å². The van der Waals surface area contributed by atoms with Crippen molar-refractivity contribution in [3.63, 3.8) is 0 Å². The molecular formula is C17H21NS. The minimum absolute atomic E-state index is 0.0682. The van der Waals surface area contributed by atoms with E-state index in [0.717, 1.165) is 0 Å². The number of hydrogen-bond donors (Lipinski definition) is 1. The van der Waals surface area contributed by atoms with Crippen LogP contribution in [0.15, 0.2) is 58.3 Å². The van der Waals surface area contributed by atoms with Gasteiger partial charge in [0.15, 0.2) is 0 Å². The predicted molar refractivity (Wildman–Crippen MR) is 83.7 cm³/mol. The predicted octanol–water partition coefficient (Wildman–Crippen LogP) is 4.98. The molecule has 19 heavy (non-hydrogen) atoms. The summed E-state index contributed by atoms with van der Waals surface area (Å²) in [6.07, 6.45) is 0. The molecule has 2 heteroatoms. The van der Waals surface area contributed by atoms with Gasteiger partial charge in [-0.1, -0.05) is 55.9 Å². The third-order valence-electron chi connectivity index (χ3n) is 3.18. The first-order valence-corrected chi connectivity index (χ1v) is 7.52. The van der Waals surface area contributed by atoms with Gasteiger partial charge < -0.3 is 5.73 Å². The zero-order valence-electron chi connectivity index (χ0n) is 11.8. The number of hydrogen-bond acceptors (Lipinski definition) is 2. The second-order valence-electron chi connectivity index (χ2n) is 5.15. The van der Waals surface area contributed by atoms with Crippen molar-refractivity contribution in [3.05, 3.63) is 59.7 Å². The molecule has 100 valence electrons. The minimum atomic E-state index is 0.0682. The average Bonchev–Trinajstić information content (AvgIpc) is 2.39. The maximum absolute atomic E-state index is 6.02. The molecule has 1 nitrogen and oxygen atoms in total. The molecule has 0 heterocycles. The van der Waals surface area contributed by atoms with Crippen LogP contribution >= 0.6 is 11.8 Å². The van der Waals surface area contributed by atoms with Gasteiger partial charge in [0.25, 0.3) is 0 Å². The lowest BCUT2D eigenvalue weighted by molar-refractivity contribution is 0.797. The zero-order valence-corrected chi connectivity index (χ0v) is 12.6. The Hall–Kier alpha value is -1.25. The largest absolute Gasteiger partial charge is 0.324 e. The molecule has 0 aromatic heterocycles. The number of rotatable bonds is 4. The Morgan fingerprint density at radius 3 is 2.11 bits per heavy atom. The normalized spacial score (nSPS) is 12.7. The molecule has 2 aromatic carbocycles. The molecule has 0 aliphatic carbocycles. The highest BCUT2D eigenvalue weighted by atomic mass is 32.2. The van der Waals surface area contributed by atoms with Gasteiger partial charge in [-0.25, -0.2) is 0 Å². The van der Waals surface area contributed by atoms with Crippen molar-refractivity contribution in [2.45, 2.75) is 42.5 Å². The van der Waals surface area contributed by atoms with Crippen molar-refractivity contribution in [2.75, 3.05) is 0 Å². The van der Waals surface area contributed by atoms with Crippen LogP contribution in [0, 0.1) is 0 Å². The van der Waals surface area contributed by atoms with E-state index < -0.39 is 0 Å². The first-order chi connectivity index (χ1) is 9.08. The summed E-state index contributed by atoms with van der Waals surface area (Å²) in [6.45, 7) is 6.46. The van der Waals surface area contributed by atoms with Crippen molar-refractivity contribution in [2.24, 2.45) is 5.73 Å². The van der Waals surface area contributed by atoms with E-state index in [4.69, 9.17) is 5.73 Å². The van der Waals surface area contributed by atoms with Crippen LogP contribution in [0.4, 0.5) is 0 Å². The van der Waals surface area contributed by atoms with Gasteiger partial charge in [-0.15, -0.1) is 0 Å². The van der Waals surface area contributed by atoms with Crippen LogP contribution in [-0.4, -0.2) is 0 Å². The van der Waals surface area contributed by atoms with Gasteiger partial charge in [-0.05, 0) is 42.2 Å². The first kappa shape index (κ1) is 14.2. The number of nitrogens with two attached hydrogens (primary N) is 1. The van der Waals surface area contributed by atoms with E-state index in [9.17, 15) is 0 Å². The van der Waals surface area contributed by atoms with Crippen LogP contribution in [0.2, 0.25) is 0 Å². The molecule has 2 N–H and O–H groups in total. The summed E-state index contributed by atoms with van der Waals surface area (Å²) in [7, 11) is 0. The van der Waals surface area contributed by atoms with E-state index >= 15 is 0 Å². The molecular weight excluding hydrogens is 250 g/mol. The minimum Gasteiger partial charge on any atom is -0.324 e. The van der Waals surface area contributed by atoms with E-state index in [1.165, 1.54) is 20.9 Å². The summed E-state index contributed by atoms with van der Waals surface area (Å²) in [4.78, 5) is 2.51. The molecule has 2 aromatic rings. The molecule has 0 aliphatic heterocycles. The Morgan fingerprint density at radius 2 is 1.53 bits per heavy atom. The second-order valence-corrected chi connectivity index (χ2v) is 6.27. The molecule has 0 fully saturated rings. The molecule has 0 aliphatic rings. The van der Waals surface area contributed by atoms with E-state index in [1.54, 1.807) is 11.8 Å². The summed E-state index contributed by atoms with van der Waals surface area (Å²) in [5.74, 6) is 0.579. The monoisotopic (exact) mass is 271 g/mol. The maximum atomic E-state index is 6.02. The average molecular weight is 271 g/mol. The van der Waals surface area contributed by atoms with Gasteiger partial charge in [-0.3, -0.25) is 0 Å². The first-order valence-electron chi connectivity index (χ1n) is 6.70. The van der Waals surface area contributed by atoms with Crippen molar-refractivity contribution >= 4 is 11.8 Å². The molecule has 0 saturated carbocycles. The summed E-state index contributed by atoms with van der Waals surface area (Å²) in [5, 5.41) is 0. The van der Waals surface area contributed by atoms with Gasteiger partial charge in [0.2, 0.25) is 0 Å². The molecule has 0 spiro atoms. The third kappa shape index (κ3) is 3.62. The molecule has 0 bridgehead atoms. The van der Waals surface area contributed by atoms with Gasteiger partial charge in [-0.2, -0.15) is 0 Å². The standard InChI is InChI=1S/C17H21NS/c1-12(2)14-8-10-15(11-9-14)19-17-7-5-4-6-16(17)13(3)18/h4-13H,18H2,1-3H3/t13-/m0/s1. The van der Waals surface area contributed by atoms with Gasteiger partial charge in [0.05, 0.1) is 0 Å². The molecule has 0 amide bonds. The van der Waals surface area contributed by atoms with Crippen LogP contribution < -0.4 is 5.73 Å². The fourth-order valence-corrected chi connectivity index (χ4v) is 3.04. The molecule has 0 radical (unpaired) electrons. The third-order valence-corrected chi connectivity index (χ3v) is 4.28. The van der Waals surface area contributed by atoms with Crippen LogP contribution in [0.25, 0.3) is 0 Å². The van der Waals surface area contributed by atoms with Crippen LogP contribution in [0.3, 0.4) is 0 Å². The Balaban J connectivity index is 2.21. The molecule has 1 atom stereocenters. The van der Waals surface area contributed by atoms with E-state index in [1.807, 2.05) is 13.0 Å². The van der Waals surface area contributed by atoms with Crippen LogP contribution in [-0.2, 0) is 0 Å². The topological polar surface area (TPSA) is 26.0 Å². The van der Waals surface area contributed by atoms with Crippen molar-refractivity contribution < 1.29 is 0 Å². The van der Waals surface area contributed by atoms with E-state index in [0.29, 0.717) is 5.92 Å². The second kappa shape index (κ2) is 6.27. The van der Waals surface area contributed by atoms with Crippen molar-refractivity contribution in [3.8, 4) is 0 Å². The highest BCUT2D eigenvalue weighted by Gasteiger charge is 2.07. The van der Waals surface area contributed by atoms with Crippen LogP contribution in [0.5, 0.6) is 0 Å². The van der Waals surface area contributed by atoms with Gasteiger partial charge in [0.1, 0.15) is 0 Å². The van der Waals surface area contributed by atoms with Crippen molar-refractivity contribution in [1.82, 2.24) is 0 Å². The maximum Gasteiger partial charge on any atom is 0.0277 e. The van der Waals surface area contributed by atoms with Gasteiger partial charge >= 0.3 is 0 Å². The lowest BCUT2D eigenvalue weighted by atomic mass is 10.0. The molecule has 2 rings (SSSR count). The fraction of sp³-hybridized carbons (Fsp3) is 0.294. The highest BCUT2D eigenvalue weighted by Crippen LogP contribution is 2.33. The highest BCUT2D eigenvalue weighted by molar-refractivity contribution is 7.99. The zero-order chi connectivity index (χ0) is 13.8. The quantitative estimate of drug-likeness (QED) is 0.848. The summed E-state index contributed by atoms with van der Waals surface area (Å²) >= 11 is 1.78. The van der Waals surface area contributed by atoms with Crippen molar-refractivity contribution in [1.29, 1.82) is 0 Å². The Labute approximate surface area is 120 Å². The summed E-state index contributed by atoms with van der Waals surface area (Å²) in [6, 6.07) is 17.2. The summed E-state index contributed by atoms with van der Waals surface area (Å²) in [5.41, 5.74) is 8.61. The summed E-state index contributed by atoms with van der Waals surface area (Å²) < 4.78 is 0. The van der Waals surface area contributed by atoms with E-state index in [2.05, 4.69) is 56.3 Å². The molecule has 0 unspecified atom stereocenters. The fourth-order valence-electron chi connectivity index (χ4n) is 2.00. The SMILES string of the molecule is CC(C)c1ccc(Sc2ccccc2[C@H](C)N)cc1. The lowest BCUT2D eigenvalue weighted by Gasteiger charge is -2.12. The van der Waals surface area contributed by atoms with Gasteiger partial charge in [0, 0.05) is 15.8 Å². The van der Waals surface area contributed by atoms with Crippen LogP contribution in [0.1, 0.15) is 43.9 Å². The smallest absolute Gasteiger partial charge is 0.0277 e. The Bertz CT molecular complexity index is 529. The lowest BCUT2D eigenvalue weighted by Crippen LogP contribution is -2.05.